The average Bonchev–Trinajstić information content (AvgIpc) is 2.48. The highest BCUT2D eigenvalue weighted by atomic mass is 32.2. The number of aromatic nitrogens is 2. The van der Waals surface area contributed by atoms with Gasteiger partial charge in [0.2, 0.25) is 0 Å². The molecular weight excluding hydrogens is 328 g/mol. The van der Waals surface area contributed by atoms with E-state index >= 15 is 0 Å². The second-order valence-electron chi connectivity index (χ2n) is 6.15. The smallest absolute Gasteiger partial charge is 0.284 e. The highest BCUT2D eigenvalue weighted by Gasteiger charge is 2.24. The molecule has 0 saturated heterocycles. The van der Waals surface area contributed by atoms with E-state index in [4.69, 9.17) is 0 Å². The van der Waals surface area contributed by atoms with Crippen molar-refractivity contribution in [2.75, 3.05) is 6.26 Å². The zero-order valence-corrected chi connectivity index (χ0v) is 14.9. The van der Waals surface area contributed by atoms with Crippen molar-refractivity contribution in [3.05, 3.63) is 62.3 Å². The molecule has 0 amide bonds. The van der Waals surface area contributed by atoms with Crippen LogP contribution in [0.1, 0.15) is 37.3 Å². The van der Waals surface area contributed by atoms with Crippen LogP contribution < -0.4 is 11.2 Å². The zero-order chi connectivity index (χ0) is 17.9. The number of nitrogens with one attached hydrogen (secondary N) is 1. The minimum atomic E-state index is -3.71. The molecule has 0 aliphatic rings. The van der Waals surface area contributed by atoms with Crippen molar-refractivity contribution in [1.82, 2.24) is 9.55 Å². The van der Waals surface area contributed by atoms with Gasteiger partial charge in [-0.25, -0.2) is 13.2 Å². The molecule has 0 atom stereocenters. The number of benzene rings is 1. The molecule has 1 heterocycles. The van der Waals surface area contributed by atoms with Crippen LogP contribution in [0.25, 0.3) is 0 Å². The zero-order valence-electron chi connectivity index (χ0n) is 14.1. The lowest BCUT2D eigenvalue weighted by Crippen LogP contribution is -2.37. The molecule has 0 fully saturated rings. The molecule has 2 aromatic rings. The van der Waals surface area contributed by atoms with Gasteiger partial charge in [-0.15, -0.1) is 0 Å². The van der Waals surface area contributed by atoms with E-state index in [0.29, 0.717) is 12.8 Å². The fraction of sp³-hybridized carbons (Fsp3) is 0.412. The van der Waals surface area contributed by atoms with Crippen LogP contribution in [0, 0.1) is 0 Å². The van der Waals surface area contributed by atoms with E-state index in [2.05, 4.69) is 4.98 Å². The van der Waals surface area contributed by atoms with Crippen molar-refractivity contribution in [2.45, 2.75) is 44.2 Å². The number of hydrogen-bond donors (Lipinski definition) is 1. The lowest BCUT2D eigenvalue weighted by molar-refractivity contribution is 0.519. The molecule has 0 spiro atoms. The molecule has 2 rings (SSSR count). The topological polar surface area (TPSA) is 89.0 Å². The van der Waals surface area contributed by atoms with E-state index in [1.807, 2.05) is 30.3 Å². The normalized spacial score (nSPS) is 11.8. The van der Waals surface area contributed by atoms with Crippen LogP contribution in [0.2, 0.25) is 0 Å². The Balaban J connectivity index is 2.44. The molecule has 1 aromatic heterocycles. The van der Waals surface area contributed by atoms with E-state index < -0.39 is 21.1 Å². The van der Waals surface area contributed by atoms with Crippen LogP contribution in [0.5, 0.6) is 0 Å². The Labute approximate surface area is 141 Å². The first kappa shape index (κ1) is 18.2. The summed E-state index contributed by atoms with van der Waals surface area (Å²) in [6.07, 6.45) is 2.34. The number of hydrogen-bond acceptors (Lipinski definition) is 4. The Morgan fingerprint density at radius 2 is 1.75 bits per heavy atom. The Bertz CT molecular complexity index is 925. The Morgan fingerprint density at radius 1 is 1.12 bits per heavy atom. The third-order valence-electron chi connectivity index (χ3n) is 3.80. The molecule has 1 N–H and O–H groups in total. The number of rotatable bonds is 6. The van der Waals surface area contributed by atoms with Crippen LogP contribution in [-0.4, -0.2) is 24.2 Å². The summed E-state index contributed by atoms with van der Waals surface area (Å²) in [5, 5.41) is -0.167. The van der Waals surface area contributed by atoms with Crippen LogP contribution in [0.4, 0.5) is 0 Å². The maximum atomic E-state index is 12.2. The number of aryl methyl sites for hydroxylation is 1. The van der Waals surface area contributed by atoms with Gasteiger partial charge in [0.25, 0.3) is 5.56 Å². The fourth-order valence-corrected chi connectivity index (χ4v) is 4.07. The van der Waals surface area contributed by atoms with Gasteiger partial charge in [0.1, 0.15) is 5.03 Å². The number of nitrogens with zero attached hydrogens (tertiary/aromatic N) is 1. The molecule has 6 nitrogen and oxygen atoms in total. The molecule has 0 aliphatic carbocycles. The van der Waals surface area contributed by atoms with Crippen molar-refractivity contribution in [3.63, 3.8) is 0 Å². The molecular formula is C17H22N2O4S. The fourth-order valence-electron chi connectivity index (χ4n) is 2.76. The average molecular weight is 350 g/mol. The molecule has 1 aromatic carbocycles. The Kier molecular flexibility index (Phi) is 5.43. The molecule has 130 valence electrons. The van der Waals surface area contributed by atoms with Crippen LogP contribution in [-0.2, 0) is 22.8 Å². The van der Waals surface area contributed by atoms with Crippen LogP contribution >= 0.6 is 0 Å². The maximum Gasteiger partial charge on any atom is 0.329 e. The highest BCUT2D eigenvalue weighted by Crippen LogP contribution is 2.19. The summed E-state index contributed by atoms with van der Waals surface area (Å²) in [7, 11) is -3.71. The van der Waals surface area contributed by atoms with Gasteiger partial charge in [0, 0.05) is 12.8 Å². The van der Waals surface area contributed by atoms with Crippen LogP contribution in [0.3, 0.4) is 0 Å². The summed E-state index contributed by atoms with van der Waals surface area (Å²) < 4.78 is 25.6. The quantitative estimate of drug-likeness (QED) is 0.803. The van der Waals surface area contributed by atoms with Gasteiger partial charge in [0.15, 0.2) is 9.84 Å². The summed E-state index contributed by atoms with van der Waals surface area (Å²) in [5.41, 5.74) is -0.0654. The summed E-state index contributed by atoms with van der Waals surface area (Å²) in [6, 6.07) is 9.74. The molecule has 0 aliphatic heterocycles. The predicted octanol–water partition coefficient (Wildman–Crippen LogP) is 1.70. The molecule has 0 unspecified atom stereocenters. The predicted molar refractivity (Wildman–Crippen MR) is 93.3 cm³/mol. The monoisotopic (exact) mass is 350 g/mol. The third-order valence-corrected chi connectivity index (χ3v) is 4.95. The molecule has 24 heavy (non-hydrogen) atoms. The second-order valence-corrected chi connectivity index (χ2v) is 8.08. The lowest BCUT2D eigenvalue weighted by Gasteiger charge is -2.16. The van der Waals surface area contributed by atoms with Gasteiger partial charge < -0.3 is 0 Å². The van der Waals surface area contributed by atoms with Gasteiger partial charge in [-0.1, -0.05) is 44.2 Å². The van der Waals surface area contributed by atoms with Gasteiger partial charge in [0.05, 0.1) is 5.56 Å². The van der Waals surface area contributed by atoms with Gasteiger partial charge in [-0.2, -0.15) is 0 Å². The van der Waals surface area contributed by atoms with Crippen molar-refractivity contribution in [2.24, 2.45) is 0 Å². The van der Waals surface area contributed by atoms with Crippen molar-refractivity contribution in [1.29, 1.82) is 0 Å². The Morgan fingerprint density at radius 3 is 2.29 bits per heavy atom. The molecule has 0 radical (unpaired) electrons. The highest BCUT2D eigenvalue weighted by molar-refractivity contribution is 7.90. The van der Waals surface area contributed by atoms with Gasteiger partial charge in [-0.3, -0.25) is 14.3 Å². The summed E-state index contributed by atoms with van der Waals surface area (Å²) in [4.78, 5) is 26.5. The lowest BCUT2D eigenvalue weighted by atomic mass is 10.1. The van der Waals surface area contributed by atoms with E-state index in [-0.39, 0.29) is 23.1 Å². The summed E-state index contributed by atoms with van der Waals surface area (Å²) in [5.74, 6) is -0.306. The minimum Gasteiger partial charge on any atom is -0.284 e. The first-order valence-corrected chi connectivity index (χ1v) is 9.72. The third kappa shape index (κ3) is 4.03. The molecule has 0 bridgehead atoms. The standard InChI is InChI=1S/C17H22N2O4S/c1-12(2)14-15(20)18-17(21)19(16(14)24(3,22)23)11-7-10-13-8-5-4-6-9-13/h4-6,8-9,12H,7,10-11H2,1-3H3,(H,18,20,21). The second kappa shape index (κ2) is 7.17. The van der Waals surface area contributed by atoms with Crippen molar-refractivity contribution < 1.29 is 8.42 Å². The van der Waals surface area contributed by atoms with Gasteiger partial charge >= 0.3 is 5.69 Å². The van der Waals surface area contributed by atoms with E-state index in [9.17, 15) is 18.0 Å². The SMILES string of the molecule is CC(C)c1c(S(C)(=O)=O)n(CCCc2ccccc2)c(=O)[nH]c1=O. The van der Waals surface area contributed by atoms with E-state index in [1.54, 1.807) is 13.8 Å². The minimum absolute atomic E-state index is 0.136. The Hall–Kier alpha value is -2.15. The first-order chi connectivity index (χ1) is 11.2. The largest absolute Gasteiger partial charge is 0.329 e. The van der Waals surface area contributed by atoms with Gasteiger partial charge in [-0.05, 0) is 24.3 Å². The maximum absolute atomic E-state index is 12.2. The number of H-pyrrole nitrogens is 1. The summed E-state index contributed by atoms with van der Waals surface area (Å²) in [6.45, 7) is 3.70. The van der Waals surface area contributed by atoms with Crippen molar-refractivity contribution >= 4 is 9.84 Å². The first-order valence-electron chi connectivity index (χ1n) is 7.83. The summed E-state index contributed by atoms with van der Waals surface area (Å²) >= 11 is 0. The van der Waals surface area contributed by atoms with E-state index in [1.165, 1.54) is 4.57 Å². The van der Waals surface area contributed by atoms with E-state index in [0.717, 1.165) is 11.8 Å². The molecule has 0 saturated carbocycles. The van der Waals surface area contributed by atoms with Crippen LogP contribution in [0.15, 0.2) is 44.9 Å². The molecule has 7 heteroatoms. The van der Waals surface area contributed by atoms with Crippen molar-refractivity contribution in [3.8, 4) is 0 Å². The number of sulfone groups is 1. The number of aromatic amines is 1.